The molecule has 3 rings (SSSR count). The second-order valence-corrected chi connectivity index (χ2v) is 16.4. The first-order valence-corrected chi connectivity index (χ1v) is 16.4. The fourth-order valence-electron chi connectivity index (χ4n) is 4.49. The van der Waals surface area contributed by atoms with E-state index in [1.54, 1.807) is 7.11 Å². The Morgan fingerprint density at radius 1 is 1.02 bits per heavy atom. The summed E-state index contributed by atoms with van der Waals surface area (Å²) in [6.45, 7) is 13.1. The fraction of sp³-hybridized carbons (Fsp3) is 0.517. The van der Waals surface area contributed by atoms with E-state index in [0.29, 0.717) is 6.54 Å². The van der Waals surface area contributed by atoms with Gasteiger partial charge in [-0.15, -0.1) is 0 Å². The molecule has 11 heteroatoms. The number of rotatable bonds is 8. The van der Waals surface area contributed by atoms with E-state index in [-0.39, 0.29) is 26.7 Å². The average molecular weight is 572 g/mol. The molecule has 3 radical (unpaired) electrons. The number of methoxy groups -OCH3 is 1. The number of ether oxygens (including phenoxy) is 1. The minimum absolute atomic E-state index is 0. The van der Waals surface area contributed by atoms with E-state index in [4.69, 9.17) is 4.74 Å². The lowest BCUT2D eigenvalue weighted by atomic mass is 9.91. The van der Waals surface area contributed by atoms with Gasteiger partial charge in [-0.05, 0) is 56.4 Å². The minimum atomic E-state index is -0.912. The van der Waals surface area contributed by atoms with Crippen molar-refractivity contribution in [3.63, 3.8) is 0 Å². The molecule has 1 saturated heterocycles. The van der Waals surface area contributed by atoms with Crippen LogP contribution in [0.2, 0.25) is 19.6 Å². The van der Waals surface area contributed by atoms with E-state index in [2.05, 4.69) is 31.6 Å². The molecule has 0 saturated carbocycles. The van der Waals surface area contributed by atoms with Crippen molar-refractivity contribution < 1.29 is 14.6 Å². The quantitative estimate of drug-likeness (QED) is 0.177. The summed E-state index contributed by atoms with van der Waals surface area (Å²) in [7, 11) is 4.86. The van der Waals surface area contributed by atoms with E-state index in [1.807, 2.05) is 74.3 Å². The van der Waals surface area contributed by atoms with Crippen molar-refractivity contribution in [3.8, 4) is 0 Å². The summed E-state index contributed by atoms with van der Waals surface area (Å²) in [6.07, 6.45) is 3.65. The predicted octanol–water partition coefficient (Wildman–Crippen LogP) is 5.57. The van der Waals surface area contributed by atoms with E-state index >= 15 is 0 Å². The topological polar surface area (TPSA) is 102 Å². The van der Waals surface area contributed by atoms with Gasteiger partial charge in [0.05, 0.1) is 32.2 Å². The molecule has 40 heavy (non-hydrogen) atoms. The normalized spacial score (nSPS) is 16.6. The summed E-state index contributed by atoms with van der Waals surface area (Å²) in [5.41, 5.74) is 4.19. The molecule has 1 fully saturated rings. The van der Waals surface area contributed by atoms with Gasteiger partial charge in [-0.2, -0.15) is 0 Å². The van der Waals surface area contributed by atoms with Gasteiger partial charge >= 0.3 is 0 Å². The Labute approximate surface area is 244 Å². The molecular weight excluding hydrogens is 523 g/mol. The van der Waals surface area contributed by atoms with Gasteiger partial charge in [0.25, 0.3) is 0 Å². The van der Waals surface area contributed by atoms with Crippen LogP contribution in [0.3, 0.4) is 0 Å². The monoisotopic (exact) mass is 571 g/mol. The molecule has 0 spiro atoms. The van der Waals surface area contributed by atoms with E-state index in [9.17, 15) is 20.2 Å². The Morgan fingerprint density at radius 3 is 2.05 bits per heavy atom. The first kappa shape index (κ1) is 39.3. The third-order valence-corrected chi connectivity index (χ3v) is 7.48. The third-order valence-electron chi connectivity index (χ3n) is 5.99. The molecule has 2 aromatic carbocycles. The molecule has 0 amide bonds. The zero-order valence-electron chi connectivity index (χ0n) is 24.7. The number of likely N-dealkylation sites (tertiary alicyclic amines) is 1. The maximum atomic E-state index is 11.0. The van der Waals surface area contributed by atoms with Gasteiger partial charge in [0.2, 0.25) is 12.2 Å². The molecule has 221 valence electrons. The molecular formula is C29H48BN4O5Si. The van der Waals surface area contributed by atoms with E-state index < -0.39 is 19.0 Å². The van der Waals surface area contributed by atoms with Crippen LogP contribution in [0.5, 0.6) is 0 Å². The van der Waals surface area contributed by atoms with Crippen LogP contribution in [0, 0.1) is 34.1 Å². The summed E-state index contributed by atoms with van der Waals surface area (Å²) in [5.74, 6) is 0.0289. The molecule has 0 aromatic heterocycles. The lowest BCUT2D eigenvalue weighted by Crippen LogP contribution is -2.38. The van der Waals surface area contributed by atoms with Gasteiger partial charge < -0.3 is 4.74 Å². The van der Waals surface area contributed by atoms with Crippen molar-refractivity contribution in [3.05, 3.63) is 97.2 Å². The first-order chi connectivity index (χ1) is 17.7. The Balaban J connectivity index is 0. The summed E-state index contributed by atoms with van der Waals surface area (Å²) in [4.78, 5) is 24.7. The number of hydrogen-bond donors (Lipinski definition) is 0. The molecule has 0 unspecified atom stereocenters. The van der Waals surface area contributed by atoms with Gasteiger partial charge in [0, 0.05) is 33.1 Å². The van der Waals surface area contributed by atoms with Crippen molar-refractivity contribution in [2.24, 2.45) is 0 Å². The van der Waals surface area contributed by atoms with Crippen LogP contribution >= 0.6 is 0 Å². The molecule has 1 heterocycles. The largest absolute Gasteiger partial charge is 0.369 e. The number of aryl methyl sites for hydroxylation is 2. The maximum Gasteiger partial charge on any atom is 0.235 e. The highest BCUT2D eigenvalue weighted by atomic mass is 28.3. The Hall–Kier alpha value is -2.86. The van der Waals surface area contributed by atoms with Crippen molar-refractivity contribution >= 4 is 22.6 Å². The lowest BCUT2D eigenvalue weighted by molar-refractivity contribution is -0.521. The van der Waals surface area contributed by atoms with Crippen molar-refractivity contribution in [1.29, 1.82) is 0 Å². The van der Waals surface area contributed by atoms with Gasteiger partial charge in [-0.1, -0.05) is 75.6 Å². The smallest absolute Gasteiger partial charge is 0.235 e. The summed E-state index contributed by atoms with van der Waals surface area (Å²) in [6, 6.07) is 15.0. The molecule has 1 aliphatic heterocycles. The molecule has 1 aliphatic rings. The Morgan fingerprint density at radius 2 is 1.57 bits per heavy atom. The first-order valence-electron chi connectivity index (χ1n) is 12.7. The molecule has 0 aliphatic carbocycles. The van der Waals surface area contributed by atoms with Crippen LogP contribution in [0.25, 0.3) is 6.08 Å². The standard InChI is InChI=1S/C12H16N2O2.C9H9NO2.C7H19NOSi.CH4.B/c1-9-5-3-4-6-10(9)11-7-13(2)8-12(11)14(15)16;1-8-4-2-3-5-9(8)6-7-10(11)12;1-8(6-9-2)7-10(3,4)5;;/h3-6,11-12H,7-8H2,1-2H3;2-7H,1H3;6-7H2,1-5H3;1H4;/b;7-6+;;;/t11-,12+;;;;/m1..../s1. The highest BCUT2D eigenvalue weighted by Crippen LogP contribution is 2.30. The summed E-state index contributed by atoms with van der Waals surface area (Å²) >= 11 is 0. The Kier molecular flexibility index (Phi) is 18.9. The summed E-state index contributed by atoms with van der Waals surface area (Å²) < 4.78 is 5.00. The zero-order valence-corrected chi connectivity index (χ0v) is 25.7. The zero-order chi connectivity index (χ0) is 28.9. The number of nitrogens with zero attached hydrogens (tertiary/aromatic N) is 4. The number of likely N-dealkylation sites (N-methyl/N-ethyl adjacent to an activating group) is 1. The van der Waals surface area contributed by atoms with Gasteiger partial charge in [-0.25, -0.2) is 0 Å². The van der Waals surface area contributed by atoms with Crippen LogP contribution < -0.4 is 0 Å². The summed E-state index contributed by atoms with van der Waals surface area (Å²) in [5, 5.41) is 21.0. The van der Waals surface area contributed by atoms with Crippen molar-refractivity contribution in [2.45, 2.75) is 52.9 Å². The highest BCUT2D eigenvalue weighted by Gasteiger charge is 2.40. The second-order valence-electron chi connectivity index (χ2n) is 11.0. The minimum Gasteiger partial charge on any atom is -0.369 e. The van der Waals surface area contributed by atoms with Crippen LogP contribution in [0.1, 0.15) is 35.6 Å². The number of benzene rings is 2. The van der Waals surface area contributed by atoms with Crippen LogP contribution in [-0.4, -0.2) is 89.4 Å². The van der Waals surface area contributed by atoms with Gasteiger partial charge in [0.15, 0.2) is 0 Å². The SMILES string of the molecule is C.COCN(C)C[Si](C)(C)C.Cc1ccccc1/C=C/[N+](=O)[O-].Cc1ccccc1[C@H]1CN(C)C[C@@H]1[N+](=O)[O-].[B]. The molecule has 0 N–H and O–H groups in total. The molecule has 2 aromatic rings. The van der Waals surface area contributed by atoms with Crippen LogP contribution in [-0.2, 0) is 4.74 Å². The van der Waals surface area contributed by atoms with Crippen molar-refractivity contribution in [2.75, 3.05) is 47.2 Å². The average Bonchev–Trinajstić information content (AvgIpc) is 3.20. The van der Waals surface area contributed by atoms with E-state index in [1.165, 1.54) is 12.2 Å². The van der Waals surface area contributed by atoms with E-state index in [0.717, 1.165) is 41.7 Å². The lowest BCUT2D eigenvalue weighted by Gasteiger charge is -2.23. The number of hydrogen-bond acceptors (Lipinski definition) is 7. The molecule has 2 atom stereocenters. The maximum absolute atomic E-state index is 11.0. The van der Waals surface area contributed by atoms with Crippen LogP contribution in [0.15, 0.2) is 54.7 Å². The Bertz CT molecular complexity index is 1060. The molecule has 0 bridgehead atoms. The predicted molar refractivity (Wildman–Crippen MR) is 170 cm³/mol. The third kappa shape index (κ3) is 15.1. The van der Waals surface area contributed by atoms with Crippen molar-refractivity contribution in [1.82, 2.24) is 9.80 Å². The van der Waals surface area contributed by atoms with Crippen LogP contribution in [0.4, 0.5) is 0 Å². The fourth-order valence-corrected chi connectivity index (χ4v) is 6.20. The number of nitro groups is 2. The second kappa shape index (κ2) is 19.3. The van der Waals surface area contributed by atoms with Gasteiger partial charge in [-0.3, -0.25) is 30.0 Å². The highest BCUT2D eigenvalue weighted by molar-refractivity contribution is 6.76. The van der Waals surface area contributed by atoms with Gasteiger partial charge in [0.1, 0.15) is 0 Å². The molecule has 9 nitrogen and oxygen atoms in total.